The summed E-state index contributed by atoms with van der Waals surface area (Å²) in [5.74, 6) is -0.627. The van der Waals surface area contributed by atoms with Crippen LogP contribution in [0.2, 0.25) is 0 Å². The highest BCUT2D eigenvalue weighted by molar-refractivity contribution is 5.76. The van der Waals surface area contributed by atoms with Gasteiger partial charge in [-0.1, -0.05) is 24.3 Å². The molecule has 0 aromatic heterocycles. The molecule has 0 fully saturated rings. The molecule has 0 saturated carbocycles. The summed E-state index contributed by atoms with van der Waals surface area (Å²) in [4.78, 5) is 11.5. The Morgan fingerprint density at radius 3 is 2.29 bits per heavy atom. The van der Waals surface area contributed by atoms with Crippen molar-refractivity contribution in [1.29, 1.82) is 0 Å². The molecule has 4 heteroatoms. The van der Waals surface area contributed by atoms with Gasteiger partial charge in [0, 0.05) is 5.69 Å². The monoisotopic (exact) mass is 285 g/mol. The standard InChI is InChI=1S/C17H19NO3/c1-2-21-15-9-3-12(4-10-15)11-16(17(19)20)13-5-7-14(18)8-6-13/h3-10,16H,2,11,18H2,1H3,(H,19,20). The molecule has 3 N–H and O–H groups in total. The van der Waals surface area contributed by atoms with Gasteiger partial charge in [0.1, 0.15) is 5.75 Å². The van der Waals surface area contributed by atoms with E-state index in [-0.39, 0.29) is 0 Å². The fraction of sp³-hybridized carbons (Fsp3) is 0.235. The smallest absolute Gasteiger partial charge is 0.311 e. The maximum absolute atomic E-state index is 11.5. The SMILES string of the molecule is CCOc1ccc(CC(C(=O)O)c2ccc(N)cc2)cc1. The van der Waals surface area contributed by atoms with Crippen LogP contribution >= 0.6 is 0 Å². The molecule has 0 aliphatic rings. The molecule has 1 atom stereocenters. The fourth-order valence-electron chi connectivity index (χ4n) is 2.20. The summed E-state index contributed by atoms with van der Waals surface area (Å²) in [6.45, 7) is 2.54. The van der Waals surface area contributed by atoms with Gasteiger partial charge in [-0.3, -0.25) is 4.79 Å². The van der Waals surface area contributed by atoms with Crippen LogP contribution < -0.4 is 10.5 Å². The lowest BCUT2D eigenvalue weighted by Gasteiger charge is -2.13. The van der Waals surface area contributed by atoms with Crippen LogP contribution in [-0.4, -0.2) is 17.7 Å². The van der Waals surface area contributed by atoms with Gasteiger partial charge in [-0.2, -0.15) is 0 Å². The van der Waals surface area contributed by atoms with Gasteiger partial charge in [-0.05, 0) is 48.7 Å². The second kappa shape index (κ2) is 6.79. The number of nitrogens with two attached hydrogens (primary N) is 1. The van der Waals surface area contributed by atoms with E-state index in [1.165, 1.54) is 0 Å². The van der Waals surface area contributed by atoms with Crippen molar-refractivity contribution in [3.05, 3.63) is 59.7 Å². The highest BCUT2D eigenvalue weighted by atomic mass is 16.5. The Kier molecular flexibility index (Phi) is 4.82. The molecule has 21 heavy (non-hydrogen) atoms. The number of benzene rings is 2. The predicted octanol–water partition coefficient (Wildman–Crippen LogP) is 3.08. The third-order valence-corrected chi connectivity index (χ3v) is 3.31. The minimum atomic E-state index is -0.839. The van der Waals surface area contributed by atoms with Gasteiger partial charge in [0.15, 0.2) is 0 Å². The Hall–Kier alpha value is -2.49. The van der Waals surface area contributed by atoms with Crippen LogP contribution in [0.3, 0.4) is 0 Å². The summed E-state index contributed by atoms with van der Waals surface area (Å²) >= 11 is 0. The lowest BCUT2D eigenvalue weighted by molar-refractivity contribution is -0.138. The van der Waals surface area contributed by atoms with Gasteiger partial charge in [-0.15, -0.1) is 0 Å². The van der Waals surface area contributed by atoms with Crippen molar-refractivity contribution in [2.24, 2.45) is 0 Å². The van der Waals surface area contributed by atoms with Gasteiger partial charge in [-0.25, -0.2) is 0 Å². The summed E-state index contributed by atoms with van der Waals surface area (Å²) in [6.07, 6.45) is 0.436. The molecule has 1 unspecified atom stereocenters. The summed E-state index contributed by atoms with van der Waals surface area (Å²) in [7, 11) is 0. The summed E-state index contributed by atoms with van der Waals surface area (Å²) in [6, 6.07) is 14.5. The fourth-order valence-corrected chi connectivity index (χ4v) is 2.20. The second-order valence-electron chi connectivity index (χ2n) is 4.84. The molecule has 2 aromatic rings. The van der Waals surface area contributed by atoms with E-state index in [0.717, 1.165) is 16.9 Å². The number of hydrogen-bond acceptors (Lipinski definition) is 3. The number of hydrogen-bond donors (Lipinski definition) is 2. The zero-order valence-electron chi connectivity index (χ0n) is 12.0. The maximum atomic E-state index is 11.5. The molecule has 2 rings (SSSR count). The molecule has 0 saturated heterocycles. The van der Waals surface area contributed by atoms with Gasteiger partial charge in [0.25, 0.3) is 0 Å². The number of ether oxygens (including phenoxy) is 1. The lowest BCUT2D eigenvalue weighted by Crippen LogP contribution is -2.14. The van der Waals surface area contributed by atoms with Crippen LogP contribution in [0.1, 0.15) is 24.0 Å². The van der Waals surface area contributed by atoms with Crippen LogP contribution in [0.4, 0.5) is 5.69 Å². The van der Waals surface area contributed by atoms with E-state index in [1.54, 1.807) is 24.3 Å². The zero-order valence-corrected chi connectivity index (χ0v) is 12.0. The van der Waals surface area contributed by atoms with Gasteiger partial charge >= 0.3 is 5.97 Å². The highest BCUT2D eigenvalue weighted by Gasteiger charge is 2.20. The van der Waals surface area contributed by atoms with Crippen molar-refractivity contribution < 1.29 is 14.6 Å². The predicted molar refractivity (Wildman–Crippen MR) is 82.5 cm³/mol. The number of rotatable bonds is 6. The Bertz CT molecular complexity index is 590. The molecule has 0 aliphatic carbocycles. The molecule has 2 aromatic carbocycles. The first-order valence-corrected chi connectivity index (χ1v) is 6.90. The number of carboxylic acid groups (broad SMARTS) is 1. The van der Waals surface area contributed by atoms with E-state index in [9.17, 15) is 9.90 Å². The van der Waals surface area contributed by atoms with E-state index in [1.807, 2.05) is 31.2 Å². The van der Waals surface area contributed by atoms with E-state index in [0.29, 0.717) is 18.7 Å². The summed E-state index contributed by atoms with van der Waals surface area (Å²) in [5.41, 5.74) is 7.98. The van der Waals surface area contributed by atoms with Crippen LogP contribution in [0, 0.1) is 0 Å². The van der Waals surface area contributed by atoms with Gasteiger partial charge < -0.3 is 15.6 Å². The zero-order chi connectivity index (χ0) is 15.2. The summed E-state index contributed by atoms with van der Waals surface area (Å²) in [5, 5.41) is 9.44. The largest absolute Gasteiger partial charge is 0.494 e. The number of carboxylic acids is 1. The van der Waals surface area contributed by atoms with Crippen molar-refractivity contribution >= 4 is 11.7 Å². The molecule has 4 nitrogen and oxygen atoms in total. The average Bonchev–Trinajstić information content (AvgIpc) is 2.47. The third kappa shape index (κ3) is 3.99. The molecule has 0 aliphatic heterocycles. The average molecular weight is 285 g/mol. The van der Waals surface area contributed by atoms with Crippen molar-refractivity contribution in [3.63, 3.8) is 0 Å². The Morgan fingerprint density at radius 2 is 1.76 bits per heavy atom. The minimum Gasteiger partial charge on any atom is -0.494 e. The molecule has 0 spiro atoms. The van der Waals surface area contributed by atoms with E-state index in [4.69, 9.17) is 10.5 Å². The number of anilines is 1. The van der Waals surface area contributed by atoms with Crippen molar-refractivity contribution in [2.75, 3.05) is 12.3 Å². The Balaban J connectivity index is 2.16. The topological polar surface area (TPSA) is 72.5 Å². The van der Waals surface area contributed by atoms with Crippen LogP contribution in [0.5, 0.6) is 5.75 Å². The van der Waals surface area contributed by atoms with E-state index >= 15 is 0 Å². The Labute approximate surface area is 124 Å². The van der Waals surface area contributed by atoms with Crippen LogP contribution in [-0.2, 0) is 11.2 Å². The van der Waals surface area contributed by atoms with E-state index < -0.39 is 11.9 Å². The normalized spacial score (nSPS) is 11.9. The molecule has 0 heterocycles. The summed E-state index contributed by atoms with van der Waals surface area (Å²) < 4.78 is 5.38. The first-order chi connectivity index (χ1) is 10.1. The molecule has 0 amide bonds. The number of aliphatic carboxylic acids is 1. The van der Waals surface area contributed by atoms with Crippen molar-refractivity contribution in [1.82, 2.24) is 0 Å². The first kappa shape index (κ1) is 14.9. The van der Waals surface area contributed by atoms with E-state index in [2.05, 4.69) is 0 Å². The van der Waals surface area contributed by atoms with Crippen LogP contribution in [0.25, 0.3) is 0 Å². The quantitative estimate of drug-likeness (QED) is 0.800. The van der Waals surface area contributed by atoms with Crippen molar-refractivity contribution in [2.45, 2.75) is 19.3 Å². The lowest BCUT2D eigenvalue weighted by atomic mass is 9.92. The molecule has 0 radical (unpaired) electrons. The Morgan fingerprint density at radius 1 is 1.14 bits per heavy atom. The number of nitrogen functional groups attached to an aromatic ring is 1. The number of carbonyl (C=O) groups is 1. The molecular formula is C17H19NO3. The minimum absolute atomic E-state index is 0.436. The van der Waals surface area contributed by atoms with Crippen molar-refractivity contribution in [3.8, 4) is 5.75 Å². The maximum Gasteiger partial charge on any atom is 0.311 e. The van der Waals surface area contributed by atoms with Gasteiger partial charge in [0.2, 0.25) is 0 Å². The molecule has 0 bridgehead atoms. The second-order valence-corrected chi connectivity index (χ2v) is 4.84. The highest BCUT2D eigenvalue weighted by Crippen LogP contribution is 2.23. The first-order valence-electron chi connectivity index (χ1n) is 6.90. The molecular weight excluding hydrogens is 266 g/mol. The molecule has 110 valence electrons. The third-order valence-electron chi connectivity index (χ3n) is 3.31. The van der Waals surface area contributed by atoms with Gasteiger partial charge in [0.05, 0.1) is 12.5 Å². The van der Waals surface area contributed by atoms with Crippen LogP contribution in [0.15, 0.2) is 48.5 Å².